The number of nitro benzene ring substituents is 1. The van der Waals surface area contributed by atoms with Crippen LogP contribution in [0.1, 0.15) is 0 Å². The lowest BCUT2D eigenvalue weighted by atomic mass is 10.3. The van der Waals surface area contributed by atoms with Crippen LogP contribution < -0.4 is 4.74 Å². The molecule has 2 aromatic rings. The summed E-state index contributed by atoms with van der Waals surface area (Å²) in [5.41, 5.74) is -0.652. The van der Waals surface area contributed by atoms with E-state index in [1.165, 1.54) is 6.07 Å². The van der Waals surface area contributed by atoms with Gasteiger partial charge in [-0.05, 0) is 12.1 Å². The molecule has 0 spiro atoms. The van der Waals surface area contributed by atoms with Crippen molar-refractivity contribution in [2.45, 2.75) is 0 Å². The number of ether oxygens (including phenoxy) is 1. The Morgan fingerprint density at radius 3 is 2.24 bits per heavy atom. The van der Waals surface area contributed by atoms with Crippen molar-refractivity contribution in [2.75, 3.05) is 0 Å². The van der Waals surface area contributed by atoms with Crippen molar-refractivity contribution < 1.29 is 27.2 Å². The molecular formula is C11H3BrF4N2O3. The average molecular weight is 367 g/mol. The van der Waals surface area contributed by atoms with E-state index >= 15 is 0 Å². The molecule has 0 N–H and O–H groups in total. The minimum Gasteiger partial charge on any atom is -0.444 e. The Labute approximate surface area is 122 Å². The first-order chi connectivity index (χ1) is 9.81. The minimum atomic E-state index is -1.93. The Morgan fingerprint density at radius 2 is 1.71 bits per heavy atom. The number of aromatic nitrogens is 1. The fourth-order valence-electron chi connectivity index (χ4n) is 1.39. The number of pyridine rings is 1. The lowest BCUT2D eigenvalue weighted by molar-refractivity contribution is -0.385. The van der Waals surface area contributed by atoms with Crippen molar-refractivity contribution in [1.82, 2.24) is 4.98 Å². The second-order valence-corrected chi connectivity index (χ2v) is 4.54. The topological polar surface area (TPSA) is 65.3 Å². The van der Waals surface area contributed by atoms with Crippen LogP contribution in [-0.2, 0) is 0 Å². The predicted molar refractivity (Wildman–Crippen MR) is 64.9 cm³/mol. The molecule has 0 atom stereocenters. The van der Waals surface area contributed by atoms with Crippen molar-refractivity contribution in [3.8, 4) is 11.5 Å². The molecule has 0 aliphatic carbocycles. The van der Waals surface area contributed by atoms with Gasteiger partial charge < -0.3 is 4.74 Å². The highest BCUT2D eigenvalue weighted by Gasteiger charge is 2.25. The summed E-state index contributed by atoms with van der Waals surface area (Å²) < 4.78 is 57.6. The van der Waals surface area contributed by atoms with Crippen molar-refractivity contribution in [2.24, 2.45) is 0 Å². The Bertz CT molecular complexity index is 716. The molecule has 0 bridgehead atoms. The summed E-state index contributed by atoms with van der Waals surface area (Å²) in [6.07, 6.45) is 0. The highest BCUT2D eigenvalue weighted by atomic mass is 79.9. The Kier molecular flexibility index (Phi) is 4.07. The molecular weight excluding hydrogens is 364 g/mol. The van der Waals surface area contributed by atoms with E-state index in [1.807, 2.05) is 0 Å². The highest BCUT2D eigenvalue weighted by molar-refractivity contribution is 9.10. The van der Waals surface area contributed by atoms with Crippen molar-refractivity contribution in [3.05, 3.63) is 56.3 Å². The summed E-state index contributed by atoms with van der Waals surface area (Å²) >= 11 is 2.96. The molecule has 0 fully saturated rings. The van der Waals surface area contributed by atoms with E-state index in [0.29, 0.717) is 4.47 Å². The number of benzene rings is 1. The zero-order chi connectivity index (χ0) is 15.7. The van der Waals surface area contributed by atoms with Gasteiger partial charge in [0.25, 0.3) is 11.9 Å². The second-order valence-electron chi connectivity index (χ2n) is 3.62. The largest absolute Gasteiger partial charge is 0.444 e. The van der Waals surface area contributed by atoms with E-state index in [0.717, 1.165) is 12.1 Å². The molecule has 110 valence electrons. The van der Waals surface area contributed by atoms with Crippen LogP contribution in [0.25, 0.3) is 0 Å². The van der Waals surface area contributed by atoms with Gasteiger partial charge in [0.15, 0.2) is 0 Å². The van der Waals surface area contributed by atoms with Gasteiger partial charge in [0.1, 0.15) is 0 Å². The SMILES string of the molecule is O=[N+]([O-])c1cc(Br)ccc1Oc1c(F)c(F)nc(F)c1F. The third kappa shape index (κ3) is 2.94. The molecule has 0 unspecified atom stereocenters. The molecule has 21 heavy (non-hydrogen) atoms. The Balaban J connectivity index is 2.56. The molecule has 0 saturated heterocycles. The van der Waals surface area contributed by atoms with E-state index < -0.39 is 45.6 Å². The fraction of sp³-hybridized carbons (Fsp3) is 0. The molecule has 2 rings (SSSR count). The first kappa shape index (κ1) is 15.2. The third-order valence-corrected chi connectivity index (χ3v) is 2.78. The van der Waals surface area contributed by atoms with Crippen molar-refractivity contribution >= 4 is 21.6 Å². The molecule has 1 aromatic carbocycles. The molecule has 0 amide bonds. The van der Waals surface area contributed by atoms with Gasteiger partial charge in [0.2, 0.25) is 23.1 Å². The van der Waals surface area contributed by atoms with Crippen LogP contribution in [0.4, 0.5) is 23.2 Å². The van der Waals surface area contributed by atoms with E-state index in [1.54, 1.807) is 0 Å². The van der Waals surface area contributed by atoms with Crippen LogP contribution in [0.15, 0.2) is 22.7 Å². The molecule has 0 aliphatic heterocycles. The molecule has 0 radical (unpaired) electrons. The minimum absolute atomic E-state index is 0.301. The lowest BCUT2D eigenvalue weighted by Crippen LogP contribution is -2.04. The summed E-state index contributed by atoms with van der Waals surface area (Å²) in [7, 11) is 0. The maximum atomic E-state index is 13.4. The van der Waals surface area contributed by atoms with E-state index in [4.69, 9.17) is 0 Å². The maximum Gasteiger partial charge on any atom is 0.312 e. The Hall–Kier alpha value is -2.23. The van der Waals surface area contributed by atoms with Gasteiger partial charge in [-0.25, -0.2) is 0 Å². The molecule has 1 aromatic heterocycles. The number of nitrogens with zero attached hydrogens (tertiary/aromatic N) is 2. The normalized spacial score (nSPS) is 10.5. The molecule has 5 nitrogen and oxygen atoms in total. The summed E-state index contributed by atoms with van der Waals surface area (Å²) in [6, 6.07) is 3.29. The second kappa shape index (κ2) is 5.64. The van der Waals surface area contributed by atoms with Gasteiger partial charge in [0.05, 0.1) is 4.92 Å². The van der Waals surface area contributed by atoms with E-state index in [9.17, 15) is 27.7 Å². The van der Waals surface area contributed by atoms with Gasteiger partial charge in [-0.2, -0.15) is 22.5 Å². The van der Waals surface area contributed by atoms with Crippen molar-refractivity contribution in [3.63, 3.8) is 0 Å². The number of hydrogen-bond donors (Lipinski definition) is 0. The van der Waals surface area contributed by atoms with Crippen molar-refractivity contribution in [1.29, 1.82) is 0 Å². The monoisotopic (exact) mass is 366 g/mol. The number of halogens is 5. The first-order valence-electron chi connectivity index (χ1n) is 5.13. The highest BCUT2D eigenvalue weighted by Crippen LogP contribution is 2.36. The number of nitro groups is 1. The van der Waals surface area contributed by atoms with Crippen LogP contribution in [0.5, 0.6) is 11.5 Å². The quantitative estimate of drug-likeness (QED) is 0.355. The van der Waals surface area contributed by atoms with E-state index in [2.05, 4.69) is 25.7 Å². The van der Waals surface area contributed by atoms with Crippen LogP contribution >= 0.6 is 15.9 Å². The van der Waals surface area contributed by atoms with Gasteiger partial charge in [-0.15, -0.1) is 0 Å². The average Bonchev–Trinajstić information content (AvgIpc) is 2.42. The summed E-state index contributed by atoms with van der Waals surface area (Å²) in [4.78, 5) is 12.3. The maximum absolute atomic E-state index is 13.4. The van der Waals surface area contributed by atoms with Gasteiger partial charge in [0, 0.05) is 10.5 Å². The number of rotatable bonds is 3. The van der Waals surface area contributed by atoms with Crippen LogP contribution in [-0.4, -0.2) is 9.91 Å². The third-order valence-electron chi connectivity index (χ3n) is 2.29. The zero-order valence-electron chi connectivity index (χ0n) is 9.74. The molecule has 1 heterocycles. The lowest BCUT2D eigenvalue weighted by Gasteiger charge is -2.09. The zero-order valence-corrected chi connectivity index (χ0v) is 11.3. The molecule has 10 heteroatoms. The first-order valence-corrected chi connectivity index (χ1v) is 5.92. The number of hydrogen-bond acceptors (Lipinski definition) is 4. The van der Waals surface area contributed by atoms with Gasteiger partial charge >= 0.3 is 5.69 Å². The molecule has 0 aliphatic rings. The van der Waals surface area contributed by atoms with Crippen LogP contribution in [0.3, 0.4) is 0 Å². The summed E-state index contributed by atoms with van der Waals surface area (Å²) in [6.45, 7) is 0. The Morgan fingerprint density at radius 1 is 1.14 bits per heavy atom. The van der Waals surface area contributed by atoms with Gasteiger partial charge in [-0.1, -0.05) is 15.9 Å². The smallest absolute Gasteiger partial charge is 0.312 e. The standard InChI is InChI=1S/C11H3BrF4N2O3/c12-4-1-2-6(5(3-4)18(19)20)21-9-7(13)10(15)17-11(16)8(9)14/h1-3H. The fourth-order valence-corrected chi connectivity index (χ4v) is 1.74. The molecule has 0 saturated carbocycles. The van der Waals surface area contributed by atoms with E-state index in [-0.39, 0.29) is 0 Å². The van der Waals surface area contributed by atoms with Crippen LogP contribution in [0.2, 0.25) is 0 Å². The van der Waals surface area contributed by atoms with Gasteiger partial charge in [-0.3, -0.25) is 10.1 Å². The van der Waals surface area contributed by atoms with Crippen LogP contribution in [0, 0.1) is 33.6 Å². The summed E-state index contributed by atoms with van der Waals surface area (Å²) in [5.74, 6) is -9.69. The predicted octanol–water partition coefficient (Wildman–Crippen LogP) is 4.10. The summed E-state index contributed by atoms with van der Waals surface area (Å²) in [5, 5.41) is 10.8.